The van der Waals surface area contributed by atoms with E-state index in [0.29, 0.717) is 5.52 Å². The van der Waals surface area contributed by atoms with Gasteiger partial charge in [-0.1, -0.05) is 46.9 Å². The van der Waals surface area contributed by atoms with Gasteiger partial charge in [0, 0.05) is 7.05 Å². The Labute approximate surface area is 107 Å². The number of carbonyl (C=O) groups is 1. The number of ketones is 1. The molecular weight excluding hydrogens is 270 g/mol. The first-order valence-corrected chi connectivity index (χ1v) is 5.57. The molecule has 2 aromatic rings. The number of carbonyl (C=O) groups excluding carboxylic acids is 1. The van der Waals surface area contributed by atoms with E-state index in [4.69, 9.17) is 34.8 Å². The third-order valence-electron chi connectivity index (χ3n) is 2.25. The minimum absolute atomic E-state index is 0.140. The quantitative estimate of drug-likeness (QED) is 0.593. The Morgan fingerprint density at radius 2 is 1.94 bits per heavy atom. The number of aromatic nitrogens is 2. The zero-order valence-electron chi connectivity index (χ0n) is 8.25. The van der Waals surface area contributed by atoms with Crippen LogP contribution in [0.25, 0.3) is 11.0 Å². The van der Waals surface area contributed by atoms with Crippen LogP contribution in [-0.4, -0.2) is 19.1 Å². The van der Waals surface area contributed by atoms with Crippen LogP contribution in [0.1, 0.15) is 10.6 Å². The number of hydrogen-bond donors (Lipinski definition) is 0. The predicted molar refractivity (Wildman–Crippen MR) is 65.3 cm³/mol. The van der Waals surface area contributed by atoms with Gasteiger partial charge in [0.2, 0.25) is 5.78 Å². The van der Waals surface area contributed by atoms with E-state index in [1.54, 1.807) is 17.7 Å². The van der Waals surface area contributed by atoms with Crippen LogP contribution in [0.2, 0.25) is 0 Å². The van der Waals surface area contributed by atoms with Crippen molar-refractivity contribution in [2.75, 3.05) is 0 Å². The van der Waals surface area contributed by atoms with Crippen LogP contribution in [-0.2, 0) is 7.05 Å². The van der Waals surface area contributed by atoms with Crippen LogP contribution in [0.4, 0.5) is 0 Å². The number of benzene rings is 1. The predicted octanol–water partition coefficient (Wildman–Crippen LogP) is 3.13. The fourth-order valence-corrected chi connectivity index (χ4v) is 1.73. The fraction of sp³-hybridized carbons (Fsp3) is 0.200. The normalized spacial score (nSPS) is 12.0. The van der Waals surface area contributed by atoms with Gasteiger partial charge in [0.1, 0.15) is 0 Å². The molecule has 2 rings (SSSR count). The fourth-order valence-electron chi connectivity index (χ4n) is 1.48. The standard InChI is InChI=1S/C10H7Cl3N2O/c1-15-7-5-3-2-4-6(7)14-9(15)8(16)10(11,12)13/h2-5H,1H3. The van der Waals surface area contributed by atoms with Crippen molar-refractivity contribution in [1.82, 2.24) is 9.55 Å². The molecule has 0 amide bonds. The van der Waals surface area contributed by atoms with Gasteiger partial charge in [0.25, 0.3) is 3.79 Å². The van der Waals surface area contributed by atoms with Crippen LogP contribution in [0, 0.1) is 0 Å². The molecule has 1 aromatic heterocycles. The second-order valence-electron chi connectivity index (χ2n) is 3.31. The van der Waals surface area contributed by atoms with E-state index < -0.39 is 9.58 Å². The van der Waals surface area contributed by atoms with E-state index in [1.807, 2.05) is 18.2 Å². The molecule has 0 aliphatic rings. The van der Waals surface area contributed by atoms with E-state index in [2.05, 4.69) is 4.98 Å². The average Bonchev–Trinajstić information content (AvgIpc) is 2.54. The summed E-state index contributed by atoms with van der Waals surface area (Å²) >= 11 is 16.6. The number of rotatable bonds is 1. The zero-order chi connectivity index (χ0) is 11.9. The first-order valence-electron chi connectivity index (χ1n) is 4.44. The maximum absolute atomic E-state index is 11.8. The Bertz CT molecular complexity index is 557. The molecule has 0 atom stereocenters. The molecule has 6 heteroatoms. The largest absolute Gasteiger partial charge is 0.324 e. The van der Waals surface area contributed by atoms with Crippen molar-refractivity contribution in [1.29, 1.82) is 0 Å². The van der Waals surface area contributed by atoms with Crippen LogP contribution >= 0.6 is 34.8 Å². The lowest BCUT2D eigenvalue weighted by Crippen LogP contribution is -2.22. The van der Waals surface area contributed by atoms with Gasteiger partial charge in [-0.2, -0.15) is 0 Å². The Hall–Kier alpha value is -0.770. The van der Waals surface area contributed by atoms with Crippen LogP contribution in [0.15, 0.2) is 24.3 Å². The molecule has 16 heavy (non-hydrogen) atoms. The van der Waals surface area contributed by atoms with Crippen molar-refractivity contribution in [3.05, 3.63) is 30.1 Å². The number of nitrogens with zero attached hydrogens (tertiary/aromatic N) is 2. The first kappa shape index (κ1) is 11.7. The molecule has 0 spiro atoms. The maximum atomic E-state index is 11.8. The molecule has 1 aromatic carbocycles. The second-order valence-corrected chi connectivity index (χ2v) is 5.59. The van der Waals surface area contributed by atoms with Gasteiger partial charge in [0.05, 0.1) is 11.0 Å². The van der Waals surface area contributed by atoms with Crippen molar-refractivity contribution in [2.45, 2.75) is 3.79 Å². The zero-order valence-corrected chi connectivity index (χ0v) is 10.5. The number of hydrogen-bond acceptors (Lipinski definition) is 2. The monoisotopic (exact) mass is 276 g/mol. The number of halogens is 3. The summed E-state index contributed by atoms with van der Waals surface area (Å²) in [5.41, 5.74) is 1.52. The number of alkyl halides is 3. The van der Waals surface area contributed by atoms with Crippen molar-refractivity contribution in [3.63, 3.8) is 0 Å². The van der Waals surface area contributed by atoms with Gasteiger partial charge < -0.3 is 4.57 Å². The summed E-state index contributed by atoms with van der Waals surface area (Å²) in [6.07, 6.45) is 0. The highest BCUT2D eigenvalue weighted by Crippen LogP contribution is 2.30. The van der Waals surface area contributed by atoms with E-state index in [-0.39, 0.29) is 5.82 Å². The number of aryl methyl sites for hydroxylation is 1. The average molecular weight is 278 g/mol. The Kier molecular flexibility index (Phi) is 2.86. The summed E-state index contributed by atoms with van der Waals surface area (Å²) in [5.74, 6) is -0.489. The SMILES string of the molecule is Cn1c(C(=O)C(Cl)(Cl)Cl)nc2ccccc21. The molecule has 0 bridgehead atoms. The highest BCUT2D eigenvalue weighted by molar-refractivity contribution is 6.77. The first-order chi connectivity index (χ1) is 7.41. The number of fused-ring (bicyclic) bond motifs is 1. The van der Waals surface area contributed by atoms with Crippen molar-refractivity contribution >= 4 is 51.6 Å². The molecule has 0 saturated heterocycles. The van der Waals surface area contributed by atoms with E-state index in [9.17, 15) is 4.79 Å². The minimum atomic E-state index is -1.98. The van der Waals surface area contributed by atoms with Gasteiger partial charge >= 0.3 is 0 Å². The maximum Gasteiger partial charge on any atom is 0.256 e. The summed E-state index contributed by atoms with van der Waals surface area (Å²) in [5, 5.41) is 0. The van der Waals surface area contributed by atoms with Crippen LogP contribution in [0.5, 0.6) is 0 Å². The molecule has 0 radical (unpaired) electrons. The molecule has 0 unspecified atom stereocenters. The van der Waals surface area contributed by atoms with Crippen LogP contribution < -0.4 is 0 Å². The van der Waals surface area contributed by atoms with Gasteiger partial charge in [-0.15, -0.1) is 0 Å². The molecule has 84 valence electrons. The molecule has 0 fully saturated rings. The second kappa shape index (κ2) is 3.91. The molecule has 0 aliphatic carbocycles. The smallest absolute Gasteiger partial charge is 0.256 e. The Balaban J connectivity index is 2.63. The Morgan fingerprint density at radius 1 is 1.31 bits per heavy atom. The van der Waals surface area contributed by atoms with Gasteiger partial charge in [-0.3, -0.25) is 4.79 Å². The summed E-state index contributed by atoms with van der Waals surface area (Å²) in [4.78, 5) is 15.9. The third-order valence-corrected chi connectivity index (χ3v) is 2.76. The molecule has 3 nitrogen and oxygen atoms in total. The molecule has 0 saturated carbocycles. The van der Waals surface area contributed by atoms with E-state index in [0.717, 1.165) is 5.52 Å². The molecule has 1 heterocycles. The van der Waals surface area contributed by atoms with Gasteiger partial charge in [-0.25, -0.2) is 4.98 Å². The number of imidazole rings is 1. The summed E-state index contributed by atoms with van der Waals surface area (Å²) < 4.78 is -0.366. The van der Waals surface area contributed by atoms with Gasteiger partial charge in [0.15, 0.2) is 5.82 Å². The highest BCUT2D eigenvalue weighted by Gasteiger charge is 2.35. The number of Topliss-reactive ketones (excluding diaryl/α,β-unsaturated/α-hetero) is 1. The van der Waals surface area contributed by atoms with Crippen molar-refractivity contribution < 1.29 is 4.79 Å². The third kappa shape index (κ3) is 1.90. The van der Waals surface area contributed by atoms with E-state index in [1.165, 1.54) is 0 Å². The van der Waals surface area contributed by atoms with Crippen molar-refractivity contribution in [3.8, 4) is 0 Å². The Morgan fingerprint density at radius 3 is 2.50 bits per heavy atom. The highest BCUT2D eigenvalue weighted by atomic mass is 35.6. The summed E-state index contributed by atoms with van der Waals surface area (Å²) in [6, 6.07) is 7.33. The summed E-state index contributed by atoms with van der Waals surface area (Å²) in [7, 11) is 1.71. The lowest BCUT2D eigenvalue weighted by molar-refractivity contribution is 0.0984. The molecule has 0 aliphatic heterocycles. The lowest BCUT2D eigenvalue weighted by Gasteiger charge is -2.08. The minimum Gasteiger partial charge on any atom is -0.324 e. The topological polar surface area (TPSA) is 34.9 Å². The van der Waals surface area contributed by atoms with Crippen LogP contribution in [0.3, 0.4) is 0 Å². The molecule has 0 N–H and O–H groups in total. The lowest BCUT2D eigenvalue weighted by atomic mass is 10.3. The molecular formula is C10H7Cl3N2O. The summed E-state index contributed by atoms with van der Waals surface area (Å²) in [6.45, 7) is 0. The van der Waals surface area contributed by atoms with Crippen molar-refractivity contribution in [2.24, 2.45) is 7.05 Å². The number of para-hydroxylation sites is 2. The van der Waals surface area contributed by atoms with E-state index >= 15 is 0 Å². The van der Waals surface area contributed by atoms with Gasteiger partial charge in [-0.05, 0) is 12.1 Å².